The first kappa shape index (κ1) is 17.3. The fraction of sp³-hybridized carbons (Fsp3) is 0.467. The van der Waals surface area contributed by atoms with E-state index in [1.807, 2.05) is 6.92 Å². The molecule has 23 heavy (non-hydrogen) atoms. The molecule has 2 aromatic rings. The summed E-state index contributed by atoms with van der Waals surface area (Å²) in [4.78, 5) is 8.22. The maximum atomic E-state index is 12.3. The van der Waals surface area contributed by atoms with Crippen molar-refractivity contribution in [2.24, 2.45) is 5.73 Å². The van der Waals surface area contributed by atoms with Gasteiger partial charge in [-0.2, -0.15) is 13.2 Å². The summed E-state index contributed by atoms with van der Waals surface area (Å²) in [5.41, 5.74) is 6.67. The second-order valence-electron chi connectivity index (χ2n) is 5.26. The monoisotopic (exact) mass is 328 g/mol. The van der Waals surface area contributed by atoms with Gasteiger partial charge in [-0.3, -0.25) is 4.98 Å². The third-order valence-corrected chi connectivity index (χ3v) is 3.22. The average Bonchev–Trinajstić information content (AvgIpc) is 2.51. The van der Waals surface area contributed by atoms with Crippen LogP contribution in [0, 0.1) is 0 Å². The summed E-state index contributed by atoms with van der Waals surface area (Å²) >= 11 is 0. The number of pyridine rings is 2. The molecule has 0 amide bonds. The van der Waals surface area contributed by atoms with E-state index in [0.29, 0.717) is 23.1 Å². The standard InChI is InChI=1S/C15H19F3N4O/c1-10(4-2-6-19)22-12-8-21-14(23-9-15(16,17)18)11-5-3-7-20-13(11)12/h3,5,7-8,10,22H,2,4,6,9,19H2,1H3. The number of rotatable bonds is 7. The van der Waals surface area contributed by atoms with Crippen molar-refractivity contribution in [1.82, 2.24) is 9.97 Å². The van der Waals surface area contributed by atoms with Gasteiger partial charge >= 0.3 is 6.18 Å². The number of nitrogens with zero attached hydrogens (tertiary/aromatic N) is 2. The summed E-state index contributed by atoms with van der Waals surface area (Å²) in [5, 5.41) is 3.70. The van der Waals surface area contributed by atoms with Gasteiger partial charge in [0.25, 0.3) is 0 Å². The zero-order chi connectivity index (χ0) is 16.9. The van der Waals surface area contributed by atoms with E-state index in [-0.39, 0.29) is 11.9 Å². The highest BCUT2D eigenvalue weighted by Gasteiger charge is 2.29. The van der Waals surface area contributed by atoms with Crippen molar-refractivity contribution < 1.29 is 17.9 Å². The summed E-state index contributed by atoms with van der Waals surface area (Å²) in [6, 6.07) is 3.41. The number of hydrogen-bond donors (Lipinski definition) is 2. The molecule has 0 aliphatic rings. The molecule has 0 aliphatic heterocycles. The molecule has 0 bridgehead atoms. The van der Waals surface area contributed by atoms with Crippen LogP contribution in [0.15, 0.2) is 24.5 Å². The molecule has 0 radical (unpaired) electrons. The Morgan fingerprint density at radius 2 is 2.13 bits per heavy atom. The van der Waals surface area contributed by atoms with E-state index in [9.17, 15) is 13.2 Å². The van der Waals surface area contributed by atoms with Crippen molar-refractivity contribution in [2.75, 3.05) is 18.5 Å². The van der Waals surface area contributed by atoms with Crippen LogP contribution in [-0.2, 0) is 0 Å². The van der Waals surface area contributed by atoms with Crippen LogP contribution >= 0.6 is 0 Å². The molecule has 3 N–H and O–H groups in total. The van der Waals surface area contributed by atoms with E-state index >= 15 is 0 Å². The summed E-state index contributed by atoms with van der Waals surface area (Å²) in [6.45, 7) is 1.22. The average molecular weight is 328 g/mol. The lowest BCUT2D eigenvalue weighted by Gasteiger charge is -2.17. The fourth-order valence-electron chi connectivity index (χ4n) is 2.18. The molecule has 0 aliphatic carbocycles. The Bertz CT molecular complexity index is 648. The second-order valence-corrected chi connectivity index (χ2v) is 5.26. The minimum Gasteiger partial charge on any atom is -0.468 e. The van der Waals surface area contributed by atoms with E-state index in [1.54, 1.807) is 18.3 Å². The molecule has 2 heterocycles. The molecular formula is C15H19F3N4O. The summed E-state index contributed by atoms with van der Waals surface area (Å²) in [7, 11) is 0. The van der Waals surface area contributed by atoms with E-state index in [4.69, 9.17) is 10.5 Å². The van der Waals surface area contributed by atoms with E-state index in [0.717, 1.165) is 12.8 Å². The van der Waals surface area contributed by atoms with Crippen LogP contribution in [0.5, 0.6) is 5.88 Å². The summed E-state index contributed by atoms with van der Waals surface area (Å²) in [5.74, 6) is -0.0782. The van der Waals surface area contributed by atoms with Gasteiger partial charge < -0.3 is 15.8 Å². The van der Waals surface area contributed by atoms with Gasteiger partial charge in [0.15, 0.2) is 6.61 Å². The van der Waals surface area contributed by atoms with Crippen LogP contribution in [0.2, 0.25) is 0 Å². The van der Waals surface area contributed by atoms with Gasteiger partial charge in [0.05, 0.1) is 17.3 Å². The third-order valence-electron chi connectivity index (χ3n) is 3.22. The third kappa shape index (κ3) is 4.95. The molecule has 1 atom stereocenters. The highest BCUT2D eigenvalue weighted by molar-refractivity contribution is 5.93. The van der Waals surface area contributed by atoms with Crippen molar-refractivity contribution in [3.63, 3.8) is 0 Å². The molecule has 0 saturated carbocycles. The van der Waals surface area contributed by atoms with Gasteiger partial charge in [0, 0.05) is 12.2 Å². The van der Waals surface area contributed by atoms with Crippen molar-refractivity contribution in [3.05, 3.63) is 24.5 Å². The van der Waals surface area contributed by atoms with Crippen LogP contribution in [0.1, 0.15) is 19.8 Å². The molecule has 0 saturated heterocycles. The Hall–Kier alpha value is -2.09. The lowest BCUT2D eigenvalue weighted by Crippen LogP contribution is -2.20. The largest absolute Gasteiger partial charge is 0.468 e. The molecule has 0 spiro atoms. The Morgan fingerprint density at radius 1 is 1.35 bits per heavy atom. The smallest absolute Gasteiger partial charge is 0.422 e. The highest BCUT2D eigenvalue weighted by Crippen LogP contribution is 2.29. The van der Waals surface area contributed by atoms with Gasteiger partial charge in [0.2, 0.25) is 5.88 Å². The maximum absolute atomic E-state index is 12.3. The topological polar surface area (TPSA) is 73.1 Å². The maximum Gasteiger partial charge on any atom is 0.422 e. The number of alkyl halides is 3. The normalized spacial score (nSPS) is 13.1. The molecule has 126 valence electrons. The fourth-order valence-corrected chi connectivity index (χ4v) is 2.18. The number of ether oxygens (including phenoxy) is 1. The first-order valence-corrected chi connectivity index (χ1v) is 7.30. The predicted octanol–water partition coefficient (Wildman–Crippen LogP) is 3.11. The Labute approximate surface area is 132 Å². The van der Waals surface area contributed by atoms with Gasteiger partial charge in [-0.15, -0.1) is 0 Å². The Morgan fingerprint density at radius 3 is 2.83 bits per heavy atom. The zero-order valence-electron chi connectivity index (χ0n) is 12.7. The lowest BCUT2D eigenvalue weighted by molar-refractivity contribution is -0.153. The number of halogens is 3. The van der Waals surface area contributed by atoms with Gasteiger partial charge in [-0.1, -0.05) is 0 Å². The van der Waals surface area contributed by atoms with Crippen LogP contribution in [-0.4, -0.2) is 35.3 Å². The van der Waals surface area contributed by atoms with E-state index in [2.05, 4.69) is 15.3 Å². The molecule has 1 unspecified atom stereocenters. The zero-order valence-corrected chi connectivity index (χ0v) is 12.7. The Balaban J connectivity index is 2.24. The first-order chi connectivity index (χ1) is 10.9. The Kier molecular flexibility index (Phi) is 5.59. The molecule has 0 fully saturated rings. The van der Waals surface area contributed by atoms with Crippen molar-refractivity contribution >= 4 is 16.6 Å². The number of fused-ring (bicyclic) bond motifs is 1. The van der Waals surface area contributed by atoms with Gasteiger partial charge in [-0.25, -0.2) is 4.98 Å². The van der Waals surface area contributed by atoms with Gasteiger partial charge in [-0.05, 0) is 38.4 Å². The molecule has 8 heteroatoms. The molecule has 5 nitrogen and oxygen atoms in total. The molecular weight excluding hydrogens is 309 g/mol. The van der Waals surface area contributed by atoms with Crippen LogP contribution < -0.4 is 15.8 Å². The van der Waals surface area contributed by atoms with Crippen LogP contribution in [0.25, 0.3) is 10.9 Å². The number of anilines is 1. The number of nitrogens with one attached hydrogen (secondary N) is 1. The van der Waals surface area contributed by atoms with Crippen molar-refractivity contribution in [3.8, 4) is 5.88 Å². The minimum absolute atomic E-state index is 0.0782. The molecule has 2 rings (SSSR count). The van der Waals surface area contributed by atoms with Crippen LogP contribution in [0.3, 0.4) is 0 Å². The quantitative estimate of drug-likeness (QED) is 0.817. The molecule has 0 aromatic carbocycles. The van der Waals surface area contributed by atoms with Crippen LogP contribution in [0.4, 0.5) is 18.9 Å². The summed E-state index contributed by atoms with van der Waals surface area (Å²) < 4.78 is 41.7. The lowest BCUT2D eigenvalue weighted by atomic mass is 10.1. The van der Waals surface area contributed by atoms with E-state index < -0.39 is 12.8 Å². The second kappa shape index (κ2) is 7.45. The van der Waals surface area contributed by atoms with Gasteiger partial charge in [0.1, 0.15) is 5.52 Å². The number of hydrogen-bond acceptors (Lipinski definition) is 5. The minimum atomic E-state index is -4.41. The predicted molar refractivity (Wildman–Crippen MR) is 82.5 cm³/mol. The van der Waals surface area contributed by atoms with E-state index in [1.165, 1.54) is 6.20 Å². The molecule has 2 aromatic heterocycles. The first-order valence-electron chi connectivity index (χ1n) is 7.30. The number of aromatic nitrogens is 2. The SMILES string of the molecule is CC(CCCN)Nc1cnc(OCC(F)(F)F)c2cccnc12. The highest BCUT2D eigenvalue weighted by atomic mass is 19.4. The number of nitrogens with two attached hydrogens (primary N) is 1. The van der Waals surface area contributed by atoms with Crippen molar-refractivity contribution in [2.45, 2.75) is 32.0 Å². The summed E-state index contributed by atoms with van der Waals surface area (Å²) in [6.07, 6.45) is 0.354. The van der Waals surface area contributed by atoms with Crippen molar-refractivity contribution in [1.29, 1.82) is 0 Å².